The van der Waals surface area contributed by atoms with Crippen molar-refractivity contribution in [3.63, 3.8) is 0 Å². The summed E-state index contributed by atoms with van der Waals surface area (Å²) in [5.41, 5.74) is 3.30. The monoisotopic (exact) mass is 216 g/mol. The summed E-state index contributed by atoms with van der Waals surface area (Å²) in [5.74, 6) is 0. The van der Waals surface area contributed by atoms with E-state index >= 15 is 0 Å². The van der Waals surface area contributed by atoms with Crippen molar-refractivity contribution >= 4 is 0 Å². The Kier molecular flexibility index (Phi) is 3.31. The number of hydrogen-bond acceptors (Lipinski definition) is 3. The highest BCUT2D eigenvalue weighted by atomic mass is 15.3. The lowest BCUT2D eigenvalue weighted by atomic mass is 10.3. The maximum absolute atomic E-state index is 4.30. The molecule has 0 radical (unpaired) electrons. The Hall–Kier alpha value is -1.68. The summed E-state index contributed by atoms with van der Waals surface area (Å²) in [6, 6.07) is 8.03. The van der Waals surface area contributed by atoms with Crippen LogP contribution in [0.15, 0.2) is 30.5 Å². The number of aryl methyl sites for hydroxylation is 2. The van der Waals surface area contributed by atoms with Crippen molar-refractivity contribution in [2.24, 2.45) is 7.05 Å². The number of nitrogens with one attached hydrogen (secondary N) is 1. The number of aromatic nitrogens is 3. The zero-order chi connectivity index (χ0) is 11.4. The molecule has 0 unspecified atom stereocenters. The molecule has 0 saturated carbocycles. The average molecular weight is 216 g/mol. The summed E-state index contributed by atoms with van der Waals surface area (Å²) in [6.07, 6.45) is 1.81. The summed E-state index contributed by atoms with van der Waals surface area (Å²) in [6.45, 7) is 3.60. The summed E-state index contributed by atoms with van der Waals surface area (Å²) >= 11 is 0. The molecule has 0 aliphatic heterocycles. The zero-order valence-electron chi connectivity index (χ0n) is 9.64. The Balaban J connectivity index is 1.87. The first-order valence-electron chi connectivity index (χ1n) is 5.36. The van der Waals surface area contributed by atoms with Crippen LogP contribution in [0, 0.1) is 6.92 Å². The molecular weight excluding hydrogens is 200 g/mol. The van der Waals surface area contributed by atoms with Crippen molar-refractivity contribution < 1.29 is 0 Å². The lowest BCUT2D eigenvalue weighted by Gasteiger charge is -2.04. The summed E-state index contributed by atoms with van der Waals surface area (Å²) < 4.78 is 1.90. The van der Waals surface area contributed by atoms with Gasteiger partial charge >= 0.3 is 0 Å². The van der Waals surface area contributed by atoms with Gasteiger partial charge in [-0.1, -0.05) is 6.07 Å². The van der Waals surface area contributed by atoms with Crippen molar-refractivity contribution in [1.29, 1.82) is 0 Å². The molecule has 0 spiro atoms. The van der Waals surface area contributed by atoms with E-state index in [1.165, 1.54) is 5.69 Å². The molecule has 16 heavy (non-hydrogen) atoms. The molecular formula is C12H16N4. The van der Waals surface area contributed by atoms with Crippen molar-refractivity contribution in [2.75, 3.05) is 0 Å². The van der Waals surface area contributed by atoms with Crippen LogP contribution in [-0.2, 0) is 20.1 Å². The van der Waals surface area contributed by atoms with E-state index in [1.54, 1.807) is 0 Å². The molecule has 2 aromatic heterocycles. The highest BCUT2D eigenvalue weighted by Gasteiger charge is 2.01. The third kappa shape index (κ3) is 2.67. The molecule has 0 fully saturated rings. The Labute approximate surface area is 95.3 Å². The summed E-state index contributed by atoms with van der Waals surface area (Å²) in [4.78, 5) is 4.25. The Morgan fingerprint density at radius 3 is 2.81 bits per heavy atom. The molecule has 0 aliphatic rings. The van der Waals surface area contributed by atoms with Crippen LogP contribution in [0.5, 0.6) is 0 Å². The fraction of sp³-hybridized carbons (Fsp3) is 0.333. The Morgan fingerprint density at radius 1 is 1.31 bits per heavy atom. The maximum atomic E-state index is 4.30. The fourth-order valence-electron chi connectivity index (χ4n) is 1.65. The molecule has 4 heteroatoms. The largest absolute Gasteiger partial charge is 0.306 e. The van der Waals surface area contributed by atoms with Gasteiger partial charge in [0.05, 0.1) is 17.1 Å². The molecule has 0 aromatic carbocycles. The van der Waals surface area contributed by atoms with Gasteiger partial charge in [0.2, 0.25) is 0 Å². The summed E-state index contributed by atoms with van der Waals surface area (Å²) in [7, 11) is 1.96. The minimum Gasteiger partial charge on any atom is -0.306 e. The van der Waals surface area contributed by atoms with Gasteiger partial charge in [0.25, 0.3) is 0 Å². The van der Waals surface area contributed by atoms with Gasteiger partial charge in [-0.25, -0.2) is 0 Å². The van der Waals surface area contributed by atoms with Crippen molar-refractivity contribution in [2.45, 2.75) is 20.0 Å². The number of pyridine rings is 1. The molecule has 84 valence electrons. The Bertz CT molecular complexity index is 447. The van der Waals surface area contributed by atoms with Gasteiger partial charge in [0, 0.05) is 26.3 Å². The quantitative estimate of drug-likeness (QED) is 0.840. The molecule has 2 heterocycles. The maximum Gasteiger partial charge on any atom is 0.0597 e. The fourth-order valence-corrected chi connectivity index (χ4v) is 1.65. The van der Waals surface area contributed by atoms with E-state index in [0.717, 1.165) is 24.5 Å². The van der Waals surface area contributed by atoms with Crippen LogP contribution in [0.4, 0.5) is 0 Å². The van der Waals surface area contributed by atoms with E-state index in [0.29, 0.717) is 0 Å². The standard InChI is InChI=1S/C12H16N4/c1-10-7-12(16(2)15-10)9-13-8-11-5-3-4-6-14-11/h3-7,13H,8-9H2,1-2H3. The van der Waals surface area contributed by atoms with E-state index in [-0.39, 0.29) is 0 Å². The van der Waals surface area contributed by atoms with Crippen molar-refractivity contribution in [3.8, 4) is 0 Å². The average Bonchev–Trinajstić information content (AvgIpc) is 2.59. The van der Waals surface area contributed by atoms with Crippen LogP contribution in [0.3, 0.4) is 0 Å². The highest BCUT2D eigenvalue weighted by molar-refractivity contribution is 5.09. The second-order valence-corrected chi connectivity index (χ2v) is 3.83. The van der Waals surface area contributed by atoms with Crippen LogP contribution in [-0.4, -0.2) is 14.8 Å². The first kappa shape index (κ1) is 10.8. The van der Waals surface area contributed by atoms with E-state index in [2.05, 4.69) is 21.5 Å². The molecule has 0 saturated heterocycles. The topological polar surface area (TPSA) is 42.7 Å². The first-order chi connectivity index (χ1) is 7.75. The van der Waals surface area contributed by atoms with Crippen LogP contribution >= 0.6 is 0 Å². The minimum absolute atomic E-state index is 0.783. The van der Waals surface area contributed by atoms with Gasteiger partial charge < -0.3 is 5.32 Å². The molecule has 2 aromatic rings. The first-order valence-corrected chi connectivity index (χ1v) is 5.36. The minimum atomic E-state index is 0.783. The van der Waals surface area contributed by atoms with Gasteiger partial charge in [-0.2, -0.15) is 5.10 Å². The number of nitrogens with zero attached hydrogens (tertiary/aromatic N) is 3. The van der Waals surface area contributed by atoms with Crippen LogP contribution < -0.4 is 5.32 Å². The van der Waals surface area contributed by atoms with Gasteiger partial charge in [0.15, 0.2) is 0 Å². The molecule has 0 amide bonds. The summed E-state index contributed by atoms with van der Waals surface area (Å²) in [5, 5.41) is 7.65. The van der Waals surface area contributed by atoms with E-state index < -0.39 is 0 Å². The van der Waals surface area contributed by atoms with E-state index in [9.17, 15) is 0 Å². The lowest BCUT2D eigenvalue weighted by molar-refractivity contribution is 0.618. The number of rotatable bonds is 4. The molecule has 0 aliphatic carbocycles. The number of hydrogen-bond donors (Lipinski definition) is 1. The Morgan fingerprint density at radius 2 is 2.19 bits per heavy atom. The van der Waals surface area contributed by atoms with Gasteiger partial charge in [-0.05, 0) is 25.1 Å². The second kappa shape index (κ2) is 4.90. The molecule has 0 atom stereocenters. The predicted octanol–water partition coefficient (Wildman–Crippen LogP) is 1.41. The van der Waals surface area contributed by atoms with Crippen LogP contribution in [0.25, 0.3) is 0 Å². The SMILES string of the molecule is Cc1cc(CNCc2ccccn2)n(C)n1. The molecule has 0 bridgehead atoms. The third-order valence-electron chi connectivity index (χ3n) is 2.44. The van der Waals surface area contributed by atoms with E-state index in [1.807, 2.05) is 43.0 Å². The molecule has 1 N–H and O–H groups in total. The van der Waals surface area contributed by atoms with Gasteiger partial charge in [0.1, 0.15) is 0 Å². The van der Waals surface area contributed by atoms with Gasteiger partial charge in [-0.3, -0.25) is 9.67 Å². The van der Waals surface area contributed by atoms with Gasteiger partial charge in [-0.15, -0.1) is 0 Å². The van der Waals surface area contributed by atoms with Crippen molar-refractivity contribution in [3.05, 3.63) is 47.5 Å². The third-order valence-corrected chi connectivity index (χ3v) is 2.44. The predicted molar refractivity (Wildman–Crippen MR) is 62.7 cm³/mol. The normalized spacial score (nSPS) is 10.6. The zero-order valence-corrected chi connectivity index (χ0v) is 9.64. The highest BCUT2D eigenvalue weighted by Crippen LogP contribution is 2.01. The molecule has 2 rings (SSSR count). The second-order valence-electron chi connectivity index (χ2n) is 3.83. The smallest absolute Gasteiger partial charge is 0.0597 e. The lowest BCUT2D eigenvalue weighted by Crippen LogP contribution is -2.15. The van der Waals surface area contributed by atoms with E-state index in [4.69, 9.17) is 0 Å². The van der Waals surface area contributed by atoms with Crippen LogP contribution in [0.2, 0.25) is 0 Å². The van der Waals surface area contributed by atoms with Crippen molar-refractivity contribution in [1.82, 2.24) is 20.1 Å². The molecule has 4 nitrogen and oxygen atoms in total. The van der Waals surface area contributed by atoms with Crippen LogP contribution in [0.1, 0.15) is 17.1 Å².